The molecule has 0 bridgehead atoms. The fourth-order valence-electron chi connectivity index (χ4n) is 0.572. The van der Waals surface area contributed by atoms with Gasteiger partial charge < -0.3 is 0 Å². The highest BCUT2D eigenvalue weighted by Crippen LogP contribution is 2.06. The van der Waals surface area contributed by atoms with Gasteiger partial charge in [-0.05, 0) is 6.08 Å². The Balaban J connectivity index is 2.97. The predicted octanol–water partition coefficient (Wildman–Crippen LogP) is 1.46. The number of rotatable bonds is 0. The van der Waals surface area contributed by atoms with Crippen LogP contribution in [0.3, 0.4) is 0 Å². The Labute approximate surface area is 68.8 Å². The number of nitrogens with zero attached hydrogens (tertiary/aromatic N) is 2. The van der Waals surface area contributed by atoms with E-state index in [4.69, 9.17) is 29.1 Å². The molecule has 0 aliphatic carbocycles. The maximum absolute atomic E-state index is 8.46. The van der Waals surface area contributed by atoms with E-state index >= 15 is 0 Å². The van der Waals surface area contributed by atoms with Gasteiger partial charge in [0, 0.05) is 0 Å². The van der Waals surface area contributed by atoms with Crippen molar-refractivity contribution in [2.45, 2.75) is 0 Å². The highest BCUT2D eigenvalue weighted by atomic mass is 35.5. The quantitative estimate of drug-likeness (QED) is 0.516. The highest BCUT2D eigenvalue weighted by molar-refractivity contribution is 7.81. The molecule has 0 N–H and O–H groups in total. The Morgan fingerprint density at radius 1 is 1.80 bits per heavy atom. The van der Waals surface area contributed by atoms with E-state index in [1.165, 1.54) is 6.08 Å². The van der Waals surface area contributed by atoms with Crippen LogP contribution in [0, 0.1) is 11.3 Å². The third-order valence-corrected chi connectivity index (χ3v) is 1.64. The Kier molecular flexibility index (Phi) is 2.15. The van der Waals surface area contributed by atoms with Gasteiger partial charge in [-0.25, -0.2) is 0 Å². The molecule has 1 aliphatic rings. The van der Waals surface area contributed by atoms with Crippen LogP contribution in [0.4, 0.5) is 0 Å². The molecule has 1 aliphatic heterocycles. The zero-order valence-electron chi connectivity index (χ0n) is 4.97. The van der Waals surface area contributed by atoms with Gasteiger partial charge >= 0.3 is 0 Å². The summed E-state index contributed by atoms with van der Waals surface area (Å²) in [5.74, 6) is 0. The Morgan fingerprint density at radius 2 is 2.50 bits per heavy atom. The SMILES string of the molecule is N#CC1=CC(Cl)=NCC1=S. The molecule has 0 aromatic rings. The minimum absolute atomic E-state index is 0.352. The normalized spacial score (nSPS) is 17.4. The predicted molar refractivity (Wildman–Crippen MR) is 44.4 cm³/mol. The van der Waals surface area contributed by atoms with E-state index in [9.17, 15) is 0 Å². The van der Waals surface area contributed by atoms with E-state index in [0.717, 1.165) is 0 Å². The standard InChI is InChI=1S/C6H3ClN2S/c7-6-1-4(2-8)5(10)3-9-6/h1H,3H2. The average Bonchev–Trinajstić information content (AvgIpc) is 1.94. The first-order valence-corrected chi connectivity index (χ1v) is 3.37. The van der Waals surface area contributed by atoms with Gasteiger partial charge in [0.2, 0.25) is 0 Å². The minimum Gasteiger partial charge on any atom is -0.267 e. The van der Waals surface area contributed by atoms with E-state index in [1.54, 1.807) is 0 Å². The summed E-state index contributed by atoms with van der Waals surface area (Å²) >= 11 is 10.3. The second-order valence-corrected chi connectivity index (χ2v) is 2.61. The zero-order chi connectivity index (χ0) is 7.56. The molecule has 0 radical (unpaired) electrons. The van der Waals surface area contributed by atoms with Crippen molar-refractivity contribution in [3.05, 3.63) is 11.6 Å². The van der Waals surface area contributed by atoms with Crippen LogP contribution < -0.4 is 0 Å². The van der Waals surface area contributed by atoms with Crippen molar-refractivity contribution in [1.29, 1.82) is 5.26 Å². The first-order valence-electron chi connectivity index (χ1n) is 2.59. The summed E-state index contributed by atoms with van der Waals surface area (Å²) in [7, 11) is 0. The maximum Gasteiger partial charge on any atom is 0.125 e. The summed E-state index contributed by atoms with van der Waals surface area (Å²) in [6, 6.07) is 1.94. The number of hydrogen-bond donors (Lipinski definition) is 0. The number of hydrogen-bond acceptors (Lipinski definition) is 3. The number of allylic oxidation sites excluding steroid dienone is 1. The number of thiocarbonyl (C=S) groups is 1. The Bertz CT molecular complexity index is 272. The molecular weight excluding hydrogens is 168 g/mol. The van der Waals surface area contributed by atoms with E-state index < -0.39 is 0 Å². The van der Waals surface area contributed by atoms with Gasteiger partial charge in [0.1, 0.15) is 11.2 Å². The van der Waals surface area contributed by atoms with Crippen LogP contribution in [0.2, 0.25) is 0 Å². The highest BCUT2D eigenvalue weighted by Gasteiger charge is 2.08. The smallest absolute Gasteiger partial charge is 0.125 e. The third-order valence-electron chi connectivity index (χ3n) is 1.06. The van der Waals surface area contributed by atoms with Crippen LogP contribution in [0.5, 0.6) is 0 Å². The van der Waals surface area contributed by atoms with Gasteiger partial charge in [-0.2, -0.15) is 5.26 Å². The number of halogens is 1. The van der Waals surface area contributed by atoms with Crippen molar-refractivity contribution in [2.75, 3.05) is 6.54 Å². The van der Waals surface area contributed by atoms with Crippen LogP contribution in [-0.2, 0) is 0 Å². The maximum atomic E-state index is 8.46. The van der Waals surface area contributed by atoms with E-state index in [0.29, 0.717) is 22.2 Å². The molecule has 0 saturated heterocycles. The van der Waals surface area contributed by atoms with Crippen molar-refractivity contribution in [1.82, 2.24) is 0 Å². The first kappa shape index (κ1) is 7.39. The summed E-state index contributed by atoms with van der Waals surface area (Å²) in [6.07, 6.45) is 1.48. The van der Waals surface area contributed by atoms with Crippen molar-refractivity contribution in [3.63, 3.8) is 0 Å². The molecule has 0 amide bonds. The summed E-state index contributed by atoms with van der Waals surface area (Å²) in [5, 5.41) is 8.81. The summed E-state index contributed by atoms with van der Waals surface area (Å²) < 4.78 is 0. The van der Waals surface area contributed by atoms with Crippen LogP contribution in [0.25, 0.3) is 0 Å². The molecule has 0 atom stereocenters. The third kappa shape index (κ3) is 1.41. The molecule has 50 valence electrons. The number of aliphatic imine (C=N–C) groups is 1. The van der Waals surface area contributed by atoms with Crippen molar-refractivity contribution in [2.24, 2.45) is 4.99 Å². The Hall–Kier alpha value is -0.720. The van der Waals surface area contributed by atoms with E-state index in [-0.39, 0.29) is 0 Å². The lowest BCUT2D eigenvalue weighted by atomic mass is 10.2. The molecule has 0 aromatic carbocycles. The van der Waals surface area contributed by atoms with Crippen molar-refractivity contribution in [3.8, 4) is 6.07 Å². The van der Waals surface area contributed by atoms with Gasteiger partial charge in [-0.3, -0.25) is 4.99 Å². The van der Waals surface area contributed by atoms with Crippen LogP contribution >= 0.6 is 23.8 Å². The fraction of sp³-hybridized carbons (Fsp3) is 0.167. The summed E-state index contributed by atoms with van der Waals surface area (Å²) in [6.45, 7) is 0.369. The van der Waals surface area contributed by atoms with Gasteiger partial charge in [0.25, 0.3) is 0 Å². The molecule has 0 aromatic heterocycles. The molecule has 2 nitrogen and oxygen atoms in total. The molecule has 10 heavy (non-hydrogen) atoms. The molecule has 0 fully saturated rings. The van der Waals surface area contributed by atoms with E-state index in [2.05, 4.69) is 4.99 Å². The lowest BCUT2D eigenvalue weighted by molar-refractivity contribution is 1.31. The largest absolute Gasteiger partial charge is 0.267 e. The molecule has 0 spiro atoms. The lowest BCUT2D eigenvalue weighted by Crippen LogP contribution is -2.09. The monoisotopic (exact) mass is 170 g/mol. The van der Waals surface area contributed by atoms with Crippen LogP contribution in [-0.4, -0.2) is 16.6 Å². The van der Waals surface area contributed by atoms with Crippen molar-refractivity contribution < 1.29 is 0 Å². The molecular formula is C6H3ClN2S. The average molecular weight is 171 g/mol. The van der Waals surface area contributed by atoms with E-state index in [1.807, 2.05) is 6.07 Å². The molecule has 1 rings (SSSR count). The molecule has 0 saturated carbocycles. The lowest BCUT2D eigenvalue weighted by Gasteiger charge is -2.02. The molecule has 4 heteroatoms. The fourth-order valence-corrected chi connectivity index (χ4v) is 0.910. The number of nitriles is 1. The first-order chi connectivity index (χ1) is 4.74. The van der Waals surface area contributed by atoms with Crippen molar-refractivity contribution >= 4 is 33.9 Å². The minimum atomic E-state index is 0.352. The topological polar surface area (TPSA) is 36.1 Å². The Morgan fingerprint density at radius 3 is 3.00 bits per heavy atom. The van der Waals surface area contributed by atoms with Gasteiger partial charge in [0.15, 0.2) is 0 Å². The van der Waals surface area contributed by atoms with Crippen LogP contribution in [0.15, 0.2) is 16.6 Å². The second kappa shape index (κ2) is 2.91. The number of dihydropyridines is 1. The zero-order valence-corrected chi connectivity index (χ0v) is 6.54. The summed E-state index contributed by atoms with van der Waals surface area (Å²) in [4.78, 5) is 4.38. The van der Waals surface area contributed by atoms with Gasteiger partial charge in [-0.1, -0.05) is 23.8 Å². The molecule has 1 heterocycles. The van der Waals surface area contributed by atoms with Crippen LogP contribution in [0.1, 0.15) is 0 Å². The molecule has 0 unspecified atom stereocenters. The van der Waals surface area contributed by atoms with Gasteiger partial charge in [0.05, 0.1) is 17.0 Å². The van der Waals surface area contributed by atoms with Gasteiger partial charge in [-0.15, -0.1) is 0 Å². The summed E-state index contributed by atoms with van der Waals surface area (Å²) in [5.41, 5.74) is 0.454. The second-order valence-electron chi connectivity index (χ2n) is 1.73.